The molecule has 0 bridgehead atoms. The molecule has 0 N–H and O–H groups in total. The van der Waals surface area contributed by atoms with Crippen LogP contribution >= 0.6 is 12.2 Å². The van der Waals surface area contributed by atoms with Gasteiger partial charge in [0.15, 0.2) is 4.77 Å². The zero-order valence-corrected chi connectivity index (χ0v) is 18.2. The molecule has 5 rings (SSSR count). The van der Waals surface area contributed by atoms with Crippen LogP contribution in [0.3, 0.4) is 0 Å². The molecule has 5 nitrogen and oxygen atoms in total. The Morgan fingerprint density at radius 2 is 1.73 bits per heavy atom. The molecule has 0 spiro atoms. The minimum absolute atomic E-state index is 0.563. The predicted molar refractivity (Wildman–Crippen MR) is 120 cm³/mol. The maximum absolute atomic E-state index is 5.90. The first-order valence-corrected chi connectivity index (χ1v) is 11.2. The Kier molecular flexibility index (Phi) is 5.44. The van der Waals surface area contributed by atoms with Crippen LogP contribution in [0.15, 0.2) is 54.6 Å². The zero-order valence-electron chi connectivity index (χ0n) is 17.4. The van der Waals surface area contributed by atoms with Crippen molar-refractivity contribution in [1.29, 1.82) is 0 Å². The molecule has 2 aliphatic rings. The Bertz CT molecular complexity index is 1050. The van der Waals surface area contributed by atoms with Gasteiger partial charge in [0.1, 0.15) is 11.6 Å². The van der Waals surface area contributed by atoms with Gasteiger partial charge in [0.2, 0.25) is 0 Å². The number of benzene rings is 2. The summed E-state index contributed by atoms with van der Waals surface area (Å²) in [5.41, 5.74) is 2.56. The van der Waals surface area contributed by atoms with Gasteiger partial charge in [-0.15, -0.1) is 0 Å². The Labute approximate surface area is 182 Å². The van der Waals surface area contributed by atoms with E-state index < -0.39 is 0 Å². The first kappa shape index (κ1) is 19.5. The molecule has 0 aliphatic heterocycles. The third-order valence-corrected chi connectivity index (χ3v) is 6.43. The van der Waals surface area contributed by atoms with Gasteiger partial charge in [0.25, 0.3) is 0 Å². The molecule has 0 amide bonds. The Hall–Kier alpha value is -2.44. The van der Waals surface area contributed by atoms with Gasteiger partial charge in [-0.25, -0.2) is 4.68 Å². The monoisotopic (exact) mass is 420 g/mol. The summed E-state index contributed by atoms with van der Waals surface area (Å²) in [6.45, 7) is 2.45. The highest BCUT2D eigenvalue weighted by Gasteiger charge is 2.32. The fraction of sp³-hybridized carbons (Fsp3) is 0.417. The van der Waals surface area contributed by atoms with Gasteiger partial charge >= 0.3 is 0 Å². The van der Waals surface area contributed by atoms with Gasteiger partial charge in [-0.05, 0) is 61.2 Å². The summed E-state index contributed by atoms with van der Waals surface area (Å²) in [7, 11) is 1.70. The summed E-state index contributed by atoms with van der Waals surface area (Å²) < 4.78 is 10.4. The number of hydrogen-bond donors (Lipinski definition) is 0. The summed E-state index contributed by atoms with van der Waals surface area (Å²) in [6.07, 6.45) is 4.95. The second-order valence-electron chi connectivity index (χ2n) is 8.45. The average Bonchev–Trinajstić information content (AvgIpc) is 3.69. The third kappa shape index (κ3) is 4.35. The van der Waals surface area contributed by atoms with Crippen LogP contribution in [0.25, 0.3) is 0 Å². The minimum Gasteiger partial charge on any atom is -0.497 e. The van der Waals surface area contributed by atoms with Crippen LogP contribution in [0, 0.1) is 4.77 Å². The lowest BCUT2D eigenvalue weighted by Crippen LogP contribution is -2.29. The number of ether oxygens (including phenoxy) is 1. The lowest BCUT2D eigenvalue weighted by Gasteiger charge is -2.22. The van der Waals surface area contributed by atoms with Crippen LogP contribution in [0.4, 0.5) is 0 Å². The maximum Gasteiger partial charge on any atom is 0.199 e. The molecular weight excluding hydrogens is 392 g/mol. The normalized spacial score (nSPS) is 16.2. The van der Waals surface area contributed by atoms with E-state index in [9.17, 15) is 0 Å². The summed E-state index contributed by atoms with van der Waals surface area (Å²) >= 11 is 5.90. The smallest absolute Gasteiger partial charge is 0.199 e. The lowest BCUT2D eigenvalue weighted by molar-refractivity contribution is 0.186. The van der Waals surface area contributed by atoms with E-state index in [2.05, 4.69) is 51.9 Å². The number of aromatic nitrogens is 3. The third-order valence-electron chi connectivity index (χ3n) is 6.00. The molecule has 1 heterocycles. The van der Waals surface area contributed by atoms with E-state index in [1.807, 2.05) is 16.8 Å². The summed E-state index contributed by atoms with van der Waals surface area (Å²) in [4.78, 5) is 2.51. The van der Waals surface area contributed by atoms with Crippen molar-refractivity contribution < 1.29 is 4.74 Å². The van der Waals surface area contributed by atoms with Gasteiger partial charge in [-0.1, -0.05) is 42.5 Å². The van der Waals surface area contributed by atoms with E-state index >= 15 is 0 Å². The standard InChI is InChI=1S/C24H28N4OS/c1-29-22-13-7-19(8-14-22)15-26(21-11-12-21)17-28-24(30)27(23(25-28)20-9-10-20)16-18-5-3-2-4-6-18/h2-8,13-14,20-21H,9-12,15-17H2,1H3. The quantitative estimate of drug-likeness (QED) is 0.458. The van der Waals surface area contributed by atoms with Gasteiger partial charge in [-0.2, -0.15) is 5.10 Å². The van der Waals surface area contributed by atoms with Crippen LogP contribution in [0.1, 0.15) is 48.6 Å². The molecule has 30 heavy (non-hydrogen) atoms. The number of rotatable bonds is 9. The predicted octanol–water partition coefficient (Wildman–Crippen LogP) is 4.97. The van der Waals surface area contributed by atoms with E-state index in [0.29, 0.717) is 12.0 Å². The molecule has 0 radical (unpaired) electrons. The van der Waals surface area contributed by atoms with E-state index in [1.165, 1.54) is 36.8 Å². The summed E-state index contributed by atoms with van der Waals surface area (Å²) in [5.74, 6) is 2.62. The fourth-order valence-corrected chi connectivity index (χ4v) is 4.24. The highest BCUT2D eigenvalue weighted by molar-refractivity contribution is 7.71. The molecule has 0 atom stereocenters. The molecule has 2 saturated carbocycles. The molecule has 2 aromatic carbocycles. The largest absolute Gasteiger partial charge is 0.497 e. The molecule has 0 unspecified atom stereocenters. The number of nitrogens with zero attached hydrogens (tertiary/aromatic N) is 4. The second-order valence-corrected chi connectivity index (χ2v) is 8.82. The first-order chi connectivity index (χ1) is 14.7. The van der Waals surface area contributed by atoms with Gasteiger partial charge in [0, 0.05) is 18.5 Å². The lowest BCUT2D eigenvalue weighted by atomic mass is 10.2. The average molecular weight is 421 g/mol. The van der Waals surface area contributed by atoms with E-state index in [1.54, 1.807) is 7.11 Å². The SMILES string of the molecule is COc1ccc(CN(Cn2nc(C3CC3)n(Cc3ccccc3)c2=S)C2CC2)cc1. The molecule has 156 valence electrons. The van der Waals surface area contributed by atoms with Gasteiger partial charge in [-0.3, -0.25) is 9.47 Å². The molecule has 0 saturated heterocycles. The minimum atomic E-state index is 0.563. The van der Waals surface area contributed by atoms with Crippen molar-refractivity contribution >= 4 is 12.2 Å². The van der Waals surface area contributed by atoms with Gasteiger partial charge in [0.05, 0.1) is 20.3 Å². The topological polar surface area (TPSA) is 35.2 Å². The van der Waals surface area contributed by atoms with Crippen molar-refractivity contribution in [1.82, 2.24) is 19.2 Å². The highest BCUT2D eigenvalue weighted by atomic mass is 32.1. The van der Waals surface area contributed by atoms with Crippen molar-refractivity contribution in [2.75, 3.05) is 7.11 Å². The second kappa shape index (κ2) is 8.36. The van der Waals surface area contributed by atoms with E-state index in [0.717, 1.165) is 36.1 Å². The highest BCUT2D eigenvalue weighted by Crippen LogP contribution is 2.39. The Balaban J connectivity index is 1.38. The number of methoxy groups -OCH3 is 1. The fourth-order valence-electron chi connectivity index (χ4n) is 3.98. The maximum atomic E-state index is 5.90. The molecule has 2 aliphatic carbocycles. The van der Waals surface area contributed by atoms with Crippen LogP contribution < -0.4 is 4.74 Å². The van der Waals surface area contributed by atoms with Crippen molar-refractivity contribution in [3.63, 3.8) is 0 Å². The van der Waals surface area contributed by atoms with Crippen molar-refractivity contribution in [3.05, 3.63) is 76.3 Å². The molecular formula is C24H28N4OS. The zero-order chi connectivity index (χ0) is 20.5. The van der Waals surface area contributed by atoms with E-state index in [4.69, 9.17) is 22.1 Å². The molecule has 2 fully saturated rings. The van der Waals surface area contributed by atoms with E-state index in [-0.39, 0.29) is 0 Å². The molecule has 3 aromatic rings. The molecule has 6 heteroatoms. The Morgan fingerprint density at radius 3 is 2.37 bits per heavy atom. The van der Waals surface area contributed by atoms with Crippen molar-refractivity contribution in [2.24, 2.45) is 0 Å². The number of hydrogen-bond acceptors (Lipinski definition) is 4. The van der Waals surface area contributed by atoms with Gasteiger partial charge < -0.3 is 4.74 Å². The summed E-state index contributed by atoms with van der Waals surface area (Å²) in [5, 5.41) is 5.00. The molecule has 1 aromatic heterocycles. The van der Waals surface area contributed by atoms with Crippen molar-refractivity contribution in [3.8, 4) is 5.75 Å². The Morgan fingerprint density at radius 1 is 1.00 bits per heavy atom. The van der Waals surface area contributed by atoms with Crippen LogP contribution in [0.2, 0.25) is 0 Å². The van der Waals surface area contributed by atoms with Crippen molar-refractivity contribution in [2.45, 2.75) is 57.4 Å². The summed E-state index contributed by atoms with van der Waals surface area (Å²) in [6, 6.07) is 19.5. The van der Waals surface area contributed by atoms with Crippen LogP contribution in [0.5, 0.6) is 5.75 Å². The van der Waals surface area contributed by atoms with Crippen LogP contribution in [-0.4, -0.2) is 32.4 Å². The van der Waals surface area contributed by atoms with Crippen LogP contribution in [-0.2, 0) is 19.8 Å². The first-order valence-electron chi connectivity index (χ1n) is 10.8.